The Morgan fingerprint density at radius 1 is 1.17 bits per heavy atom. The molecule has 0 bridgehead atoms. The van der Waals surface area contributed by atoms with Crippen molar-refractivity contribution in [1.82, 2.24) is 0 Å². The molecule has 0 saturated carbocycles. The summed E-state index contributed by atoms with van der Waals surface area (Å²) in [6.07, 6.45) is -0.0702. The van der Waals surface area contributed by atoms with Crippen molar-refractivity contribution in [2.45, 2.75) is 13.0 Å². The fourth-order valence-electron chi connectivity index (χ4n) is 2.20. The van der Waals surface area contributed by atoms with Crippen LogP contribution in [0.3, 0.4) is 0 Å². The molecule has 3 rings (SSSR count). The van der Waals surface area contributed by atoms with Crippen LogP contribution in [0.4, 0.5) is 10.1 Å². The van der Waals surface area contributed by atoms with Gasteiger partial charge in [-0.05, 0) is 36.2 Å². The van der Waals surface area contributed by atoms with Crippen molar-refractivity contribution in [2.75, 3.05) is 11.9 Å². The average Bonchev–Trinajstić information content (AvgIpc) is 2.40. The minimum absolute atomic E-state index is 0.0702. The zero-order chi connectivity index (χ0) is 12.5. The average molecular weight is 243 g/mol. The number of nitrogens with one attached hydrogen (secondary N) is 1. The summed E-state index contributed by atoms with van der Waals surface area (Å²) in [4.78, 5) is 0. The molecule has 92 valence electrons. The van der Waals surface area contributed by atoms with Gasteiger partial charge in [0.25, 0.3) is 0 Å². The number of aryl methyl sites for hydroxylation is 1. The Balaban J connectivity index is 1.90. The SMILES string of the molecule is Cc1cccc2c1OC(c1ccc(F)cc1)CN2. The third-order valence-electron chi connectivity index (χ3n) is 3.19. The molecule has 3 heteroatoms. The summed E-state index contributed by atoms with van der Waals surface area (Å²) in [5.74, 6) is 0.664. The van der Waals surface area contributed by atoms with Gasteiger partial charge in [0.05, 0.1) is 12.2 Å². The predicted molar refractivity (Wildman–Crippen MR) is 69.4 cm³/mol. The number of rotatable bonds is 1. The Hall–Kier alpha value is -2.03. The summed E-state index contributed by atoms with van der Waals surface area (Å²) in [5, 5.41) is 3.35. The van der Waals surface area contributed by atoms with Crippen molar-refractivity contribution >= 4 is 5.69 Å². The smallest absolute Gasteiger partial charge is 0.146 e. The van der Waals surface area contributed by atoms with Gasteiger partial charge in [-0.25, -0.2) is 4.39 Å². The maximum atomic E-state index is 12.9. The van der Waals surface area contributed by atoms with Gasteiger partial charge in [-0.3, -0.25) is 0 Å². The third kappa shape index (κ3) is 1.92. The largest absolute Gasteiger partial charge is 0.481 e. The van der Waals surface area contributed by atoms with Gasteiger partial charge in [-0.15, -0.1) is 0 Å². The molecular weight excluding hydrogens is 229 g/mol. The Morgan fingerprint density at radius 2 is 1.94 bits per heavy atom. The topological polar surface area (TPSA) is 21.3 Å². The van der Waals surface area contributed by atoms with E-state index in [2.05, 4.69) is 5.32 Å². The normalized spacial score (nSPS) is 17.6. The first-order chi connectivity index (χ1) is 8.74. The lowest BCUT2D eigenvalue weighted by Crippen LogP contribution is -2.24. The summed E-state index contributed by atoms with van der Waals surface area (Å²) in [7, 11) is 0. The minimum Gasteiger partial charge on any atom is -0.481 e. The van der Waals surface area contributed by atoms with E-state index in [-0.39, 0.29) is 11.9 Å². The highest BCUT2D eigenvalue weighted by atomic mass is 19.1. The highest BCUT2D eigenvalue weighted by Crippen LogP contribution is 2.36. The van der Waals surface area contributed by atoms with Gasteiger partial charge in [0.15, 0.2) is 0 Å². The van der Waals surface area contributed by atoms with Crippen molar-refractivity contribution in [3.05, 3.63) is 59.4 Å². The zero-order valence-corrected chi connectivity index (χ0v) is 10.1. The van der Waals surface area contributed by atoms with Crippen molar-refractivity contribution in [1.29, 1.82) is 0 Å². The lowest BCUT2D eigenvalue weighted by atomic mass is 10.1. The molecule has 0 aliphatic carbocycles. The molecule has 0 fully saturated rings. The van der Waals surface area contributed by atoms with Gasteiger partial charge >= 0.3 is 0 Å². The van der Waals surface area contributed by atoms with Crippen LogP contribution in [0.5, 0.6) is 5.75 Å². The van der Waals surface area contributed by atoms with E-state index in [1.54, 1.807) is 12.1 Å². The first-order valence-corrected chi connectivity index (χ1v) is 5.99. The van der Waals surface area contributed by atoms with Crippen molar-refractivity contribution < 1.29 is 9.13 Å². The number of fused-ring (bicyclic) bond motifs is 1. The van der Waals surface area contributed by atoms with Crippen LogP contribution in [-0.2, 0) is 0 Å². The number of halogens is 1. The molecule has 0 spiro atoms. The highest BCUT2D eigenvalue weighted by Gasteiger charge is 2.21. The van der Waals surface area contributed by atoms with E-state index in [1.165, 1.54) is 12.1 Å². The second-order valence-electron chi connectivity index (χ2n) is 4.49. The van der Waals surface area contributed by atoms with Crippen LogP contribution in [0.15, 0.2) is 42.5 Å². The number of anilines is 1. The summed E-state index contributed by atoms with van der Waals surface area (Å²) < 4.78 is 18.9. The number of hydrogen-bond acceptors (Lipinski definition) is 2. The van der Waals surface area contributed by atoms with Crippen LogP contribution in [0, 0.1) is 12.7 Å². The summed E-state index contributed by atoms with van der Waals surface area (Å²) in [5.41, 5.74) is 3.11. The molecule has 1 aliphatic heterocycles. The molecule has 0 saturated heterocycles. The monoisotopic (exact) mass is 243 g/mol. The number of hydrogen-bond donors (Lipinski definition) is 1. The predicted octanol–water partition coefficient (Wildman–Crippen LogP) is 3.68. The van der Waals surface area contributed by atoms with Crippen LogP contribution in [-0.4, -0.2) is 6.54 Å². The lowest BCUT2D eigenvalue weighted by Gasteiger charge is -2.28. The molecule has 0 radical (unpaired) electrons. The molecule has 1 aliphatic rings. The van der Waals surface area contributed by atoms with Gasteiger partial charge in [0, 0.05) is 0 Å². The fourth-order valence-corrected chi connectivity index (χ4v) is 2.20. The molecule has 1 heterocycles. The highest BCUT2D eigenvalue weighted by molar-refractivity contribution is 5.61. The van der Waals surface area contributed by atoms with Crippen LogP contribution >= 0.6 is 0 Å². The van der Waals surface area contributed by atoms with E-state index in [0.29, 0.717) is 6.54 Å². The maximum Gasteiger partial charge on any atom is 0.146 e. The van der Waals surface area contributed by atoms with E-state index in [9.17, 15) is 4.39 Å². The molecule has 0 aromatic heterocycles. The van der Waals surface area contributed by atoms with Crippen LogP contribution in [0.25, 0.3) is 0 Å². The van der Waals surface area contributed by atoms with Crippen LogP contribution in [0.2, 0.25) is 0 Å². The van der Waals surface area contributed by atoms with Gasteiger partial charge in [0.2, 0.25) is 0 Å². The molecular formula is C15H14FNO. The molecule has 2 nitrogen and oxygen atoms in total. The van der Waals surface area contributed by atoms with Crippen molar-refractivity contribution in [3.63, 3.8) is 0 Å². The quantitative estimate of drug-likeness (QED) is 0.825. The fraction of sp³-hybridized carbons (Fsp3) is 0.200. The van der Waals surface area contributed by atoms with Crippen molar-refractivity contribution in [2.24, 2.45) is 0 Å². The zero-order valence-electron chi connectivity index (χ0n) is 10.1. The summed E-state index contributed by atoms with van der Waals surface area (Å²) >= 11 is 0. The van der Waals surface area contributed by atoms with E-state index >= 15 is 0 Å². The first kappa shape index (κ1) is 11.1. The van der Waals surface area contributed by atoms with E-state index in [1.807, 2.05) is 25.1 Å². The second kappa shape index (κ2) is 4.33. The standard InChI is InChI=1S/C15H14FNO/c1-10-3-2-4-13-15(10)18-14(9-17-13)11-5-7-12(16)8-6-11/h2-8,14,17H,9H2,1H3. The lowest BCUT2D eigenvalue weighted by molar-refractivity contribution is 0.209. The number of ether oxygens (including phenoxy) is 1. The third-order valence-corrected chi connectivity index (χ3v) is 3.19. The summed E-state index contributed by atoms with van der Waals surface area (Å²) in [6, 6.07) is 12.5. The van der Waals surface area contributed by atoms with E-state index in [0.717, 1.165) is 22.6 Å². The number of benzene rings is 2. The Bertz CT molecular complexity index is 565. The maximum absolute atomic E-state index is 12.9. The molecule has 2 aromatic rings. The summed E-state index contributed by atoms with van der Waals surface area (Å²) in [6.45, 7) is 2.72. The molecule has 0 amide bonds. The minimum atomic E-state index is -0.223. The number of para-hydroxylation sites is 1. The molecule has 1 N–H and O–H groups in total. The van der Waals surface area contributed by atoms with Gasteiger partial charge in [-0.2, -0.15) is 0 Å². The molecule has 18 heavy (non-hydrogen) atoms. The van der Waals surface area contributed by atoms with Gasteiger partial charge in [0.1, 0.15) is 17.7 Å². The molecule has 1 unspecified atom stereocenters. The molecule has 1 atom stereocenters. The van der Waals surface area contributed by atoms with Gasteiger partial charge in [-0.1, -0.05) is 24.3 Å². The van der Waals surface area contributed by atoms with E-state index < -0.39 is 0 Å². The van der Waals surface area contributed by atoms with Gasteiger partial charge < -0.3 is 10.1 Å². The second-order valence-corrected chi connectivity index (χ2v) is 4.49. The van der Waals surface area contributed by atoms with Crippen LogP contribution < -0.4 is 10.1 Å². The Labute approximate surface area is 105 Å². The molecule has 2 aromatic carbocycles. The van der Waals surface area contributed by atoms with Crippen molar-refractivity contribution in [3.8, 4) is 5.75 Å². The Morgan fingerprint density at radius 3 is 2.72 bits per heavy atom. The van der Waals surface area contributed by atoms with Crippen LogP contribution in [0.1, 0.15) is 17.2 Å². The van der Waals surface area contributed by atoms with E-state index in [4.69, 9.17) is 4.74 Å². The Kier molecular flexibility index (Phi) is 2.67. The first-order valence-electron chi connectivity index (χ1n) is 5.99.